The van der Waals surface area contributed by atoms with Crippen molar-refractivity contribution in [2.24, 2.45) is 11.8 Å². The smallest absolute Gasteiger partial charge is 0.340 e. The molecule has 4 heteroatoms. The van der Waals surface area contributed by atoms with Crippen LogP contribution in [0.2, 0.25) is 0 Å². The summed E-state index contributed by atoms with van der Waals surface area (Å²) in [5, 5.41) is 0. The number of allylic oxidation sites excluding steroid dienone is 2. The first-order chi connectivity index (χ1) is 18.0. The Morgan fingerprint density at radius 3 is 1.43 bits per heavy atom. The predicted molar refractivity (Wildman–Crippen MR) is 148 cm³/mol. The monoisotopic (exact) mass is 500 g/mol. The summed E-state index contributed by atoms with van der Waals surface area (Å²) in [6.45, 7) is 8.58. The molecule has 0 saturated heterocycles. The van der Waals surface area contributed by atoms with Gasteiger partial charge in [-0.15, -0.1) is 0 Å². The third-order valence-corrected chi connectivity index (χ3v) is 7.46. The minimum Gasteiger partial charge on any atom is -0.423 e. The van der Waals surface area contributed by atoms with Gasteiger partial charge in [-0.25, -0.2) is 9.59 Å². The second-order valence-corrected chi connectivity index (χ2v) is 10.2. The van der Waals surface area contributed by atoms with Crippen LogP contribution in [0.1, 0.15) is 82.1 Å². The molecule has 196 valence electrons. The first-order valence-corrected chi connectivity index (χ1v) is 14.1. The lowest BCUT2D eigenvalue weighted by Crippen LogP contribution is -2.23. The summed E-state index contributed by atoms with van der Waals surface area (Å²) in [7, 11) is 0. The number of hydrogen-bond donors (Lipinski definition) is 0. The fourth-order valence-electron chi connectivity index (χ4n) is 5.85. The summed E-state index contributed by atoms with van der Waals surface area (Å²) in [4.78, 5) is 27.2. The van der Waals surface area contributed by atoms with Crippen LogP contribution < -0.4 is 9.47 Å². The minimum atomic E-state index is -0.427. The van der Waals surface area contributed by atoms with Crippen LogP contribution in [0.3, 0.4) is 0 Å². The van der Waals surface area contributed by atoms with Gasteiger partial charge in [0, 0.05) is 11.8 Å². The van der Waals surface area contributed by atoms with Crippen LogP contribution in [0.5, 0.6) is 11.5 Å². The molecule has 0 radical (unpaired) electrons. The van der Waals surface area contributed by atoms with E-state index in [-0.39, 0.29) is 11.8 Å². The van der Waals surface area contributed by atoms with Crippen LogP contribution >= 0.6 is 0 Å². The van der Waals surface area contributed by atoms with Crippen LogP contribution in [0.4, 0.5) is 0 Å². The molecule has 0 amide bonds. The number of esters is 2. The Bertz CT molecular complexity index is 1110. The molecule has 2 bridgehead atoms. The molecule has 2 aromatic carbocycles. The van der Waals surface area contributed by atoms with Gasteiger partial charge in [-0.3, -0.25) is 0 Å². The van der Waals surface area contributed by atoms with Crippen molar-refractivity contribution in [2.45, 2.75) is 85.5 Å². The summed E-state index contributed by atoms with van der Waals surface area (Å²) in [6, 6.07) is 11.9. The molecule has 2 aliphatic rings. The second kappa shape index (κ2) is 12.4. The quantitative estimate of drug-likeness (QED) is 0.172. The Morgan fingerprint density at radius 1 is 0.649 bits per heavy atom. The Labute approximate surface area is 221 Å². The maximum Gasteiger partial charge on any atom is 0.340 e. The van der Waals surface area contributed by atoms with Gasteiger partial charge in [-0.1, -0.05) is 89.8 Å². The first kappa shape index (κ1) is 26.9. The highest BCUT2D eigenvalue weighted by molar-refractivity contribution is 6.04. The zero-order chi connectivity index (χ0) is 26.4. The van der Waals surface area contributed by atoms with E-state index in [1.807, 2.05) is 36.4 Å². The lowest BCUT2D eigenvalue weighted by molar-refractivity contribution is -0.133. The van der Waals surface area contributed by atoms with Gasteiger partial charge in [0.15, 0.2) is 0 Å². The third-order valence-electron chi connectivity index (χ3n) is 7.46. The first-order valence-electron chi connectivity index (χ1n) is 14.1. The summed E-state index contributed by atoms with van der Waals surface area (Å²) in [5.41, 5.74) is 5.57. The molecule has 2 unspecified atom stereocenters. The molecule has 0 aromatic heterocycles. The van der Waals surface area contributed by atoms with Crippen molar-refractivity contribution in [3.8, 4) is 11.5 Å². The molecule has 0 aliphatic heterocycles. The number of aryl methyl sites for hydroxylation is 2. The highest BCUT2D eigenvalue weighted by Crippen LogP contribution is 2.45. The number of ether oxygens (including phenoxy) is 2. The maximum atomic E-state index is 13.6. The van der Waals surface area contributed by atoms with Crippen LogP contribution in [0, 0.1) is 11.8 Å². The van der Waals surface area contributed by atoms with Gasteiger partial charge in [0.05, 0.1) is 11.1 Å². The molecule has 2 atom stereocenters. The van der Waals surface area contributed by atoms with Crippen LogP contribution in [-0.2, 0) is 35.3 Å². The molecule has 2 aromatic rings. The molecule has 0 saturated carbocycles. The Balaban J connectivity index is 1.64. The van der Waals surface area contributed by atoms with Crippen molar-refractivity contribution < 1.29 is 19.1 Å². The molecule has 37 heavy (non-hydrogen) atoms. The molecular formula is C33H40O4. The molecule has 2 aliphatic carbocycles. The van der Waals surface area contributed by atoms with Gasteiger partial charge in [-0.05, 0) is 66.5 Å². The van der Waals surface area contributed by atoms with Crippen LogP contribution in [-0.4, -0.2) is 11.9 Å². The third kappa shape index (κ3) is 5.74. The average molecular weight is 501 g/mol. The molecule has 0 heterocycles. The lowest BCUT2D eigenvalue weighted by atomic mass is 9.96. The van der Waals surface area contributed by atoms with E-state index >= 15 is 0 Å². The van der Waals surface area contributed by atoms with Gasteiger partial charge in [-0.2, -0.15) is 0 Å². The Kier molecular flexibility index (Phi) is 9.02. The number of hydrogen-bond acceptors (Lipinski definition) is 4. The highest BCUT2D eigenvalue weighted by Gasteiger charge is 2.43. The molecule has 0 spiro atoms. The molecule has 4 nitrogen and oxygen atoms in total. The zero-order valence-electron chi connectivity index (χ0n) is 22.8. The van der Waals surface area contributed by atoms with Crippen molar-refractivity contribution in [1.82, 2.24) is 0 Å². The summed E-state index contributed by atoms with van der Waals surface area (Å²) in [6.07, 6.45) is 12.4. The number of carbonyl (C=O) groups excluding carboxylic acids is 2. The van der Waals surface area contributed by atoms with Gasteiger partial charge >= 0.3 is 11.9 Å². The summed E-state index contributed by atoms with van der Waals surface area (Å²) >= 11 is 0. The number of carbonyl (C=O) groups is 2. The number of fused-ring (bicyclic) bond motifs is 2. The van der Waals surface area contributed by atoms with Crippen molar-refractivity contribution >= 4 is 11.9 Å². The van der Waals surface area contributed by atoms with Crippen molar-refractivity contribution in [3.05, 3.63) is 82.0 Å². The molecule has 4 rings (SSSR count). The molecule has 0 N–H and O–H groups in total. The number of benzene rings is 2. The van der Waals surface area contributed by atoms with E-state index in [0.717, 1.165) is 68.9 Å². The normalized spacial score (nSPS) is 17.9. The minimum absolute atomic E-state index is 0.102. The Hall–Kier alpha value is -3.14. The standard InChI is InChI=1S/C33H40O4/c1-5-11-22-15-9-17-28(26(22)13-7-3)36-32(34)30-24-19-20-25(21-24)31(30)33(35)37-29-18-10-16-23(12-6-2)27(29)14-8-4/h9-10,15-20,24-25H,5-8,11-14,21H2,1-4H3. The van der Waals surface area contributed by atoms with Gasteiger partial charge < -0.3 is 9.47 Å². The van der Waals surface area contributed by atoms with Crippen molar-refractivity contribution in [2.75, 3.05) is 0 Å². The Morgan fingerprint density at radius 2 is 1.05 bits per heavy atom. The maximum absolute atomic E-state index is 13.6. The number of rotatable bonds is 12. The van der Waals surface area contributed by atoms with E-state index < -0.39 is 11.9 Å². The fourth-order valence-corrected chi connectivity index (χ4v) is 5.85. The summed E-state index contributed by atoms with van der Waals surface area (Å²) < 4.78 is 12.1. The van der Waals surface area contributed by atoms with E-state index in [4.69, 9.17) is 9.47 Å². The van der Waals surface area contributed by atoms with Gasteiger partial charge in [0.2, 0.25) is 0 Å². The average Bonchev–Trinajstić information content (AvgIpc) is 3.50. The lowest BCUT2D eigenvalue weighted by Gasteiger charge is -2.18. The van der Waals surface area contributed by atoms with E-state index in [1.165, 1.54) is 11.1 Å². The predicted octanol–water partition coefficient (Wildman–Crippen LogP) is 7.51. The second-order valence-electron chi connectivity index (χ2n) is 10.2. The highest BCUT2D eigenvalue weighted by atomic mass is 16.5. The van der Waals surface area contributed by atoms with E-state index in [9.17, 15) is 9.59 Å². The van der Waals surface area contributed by atoms with E-state index in [2.05, 4.69) is 39.8 Å². The van der Waals surface area contributed by atoms with Crippen molar-refractivity contribution in [1.29, 1.82) is 0 Å². The summed E-state index contributed by atoms with van der Waals surface area (Å²) in [5.74, 6) is 0.168. The topological polar surface area (TPSA) is 52.6 Å². The van der Waals surface area contributed by atoms with E-state index in [1.54, 1.807) is 0 Å². The SMILES string of the molecule is CCCc1cccc(OC(=O)C2=C(C(=O)Oc3cccc(CCC)c3CCC)C3C=CC2C3)c1CCC. The van der Waals surface area contributed by atoms with Crippen molar-refractivity contribution in [3.63, 3.8) is 0 Å². The van der Waals surface area contributed by atoms with Crippen LogP contribution in [0.25, 0.3) is 0 Å². The fraction of sp³-hybridized carbons (Fsp3) is 0.455. The van der Waals surface area contributed by atoms with Gasteiger partial charge in [0.25, 0.3) is 0 Å². The zero-order valence-corrected chi connectivity index (χ0v) is 22.8. The molecular weight excluding hydrogens is 460 g/mol. The van der Waals surface area contributed by atoms with E-state index in [0.29, 0.717) is 22.6 Å². The molecule has 0 fully saturated rings. The largest absolute Gasteiger partial charge is 0.423 e. The van der Waals surface area contributed by atoms with Gasteiger partial charge in [0.1, 0.15) is 11.5 Å². The van der Waals surface area contributed by atoms with Crippen LogP contribution in [0.15, 0.2) is 59.7 Å².